The van der Waals surface area contributed by atoms with Gasteiger partial charge in [0.25, 0.3) is 0 Å². The summed E-state index contributed by atoms with van der Waals surface area (Å²) in [5.74, 6) is -0.0286. The second-order valence-electron chi connectivity index (χ2n) is 4.81. The van der Waals surface area contributed by atoms with Gasteiger partial charge < -0.3 is 5.32 Å². The minimum atomic E-state index is -0.0286. The first-order chi connectivity index (χ1) is 9.83. The van der Waals surface area contributed by atoms with Gasteiger partial charge >= 0.3 is 0 Å². The molecule has 1 amide bonds. The van der Waals surface area contributed by atoms with Crippen molar-refractivity contribution in [3.8, 4) is 0 Å². The van der Waals surface area contributed by atoms with Gasteiger partial charge in [-0.15, -0.1) is 0 Å². The lowest BCUT2D eigenvalue weighted by molar-refractivity contribution is -0.116. The molecule has 0 saturated heterocycles. The molecule has 1 aromatic rings. The standard InChI is InChI=1S/C18H25NO/c1-2-3-4-5-6-7-11-14-18(20)19-16-15-17-12-9-8-10-13-17/h6-14H,2-5,15-16H2,1H3,(H,19,20)/b7-6+,14-11+. The molecule has 2 nitrogen and oxygen atoms in total. The number of allylic oxidation sites excluding steroid dienone is 3. The molecule has 0 bridgehead atoms. The van der Waals surface area contributed by atoms with Crippen LogP contribution in [0.3, 0.4) is 0 Å². The van der Waals surface area contributed by atoms with Crippen molar-refractivity contribution in [1.29, 1.82) is 0 Å². The Kier molecular flexibility index (Phi) is 8.95. The molecule has 1 N–H and O–H groups in total. The molecule has 2 heteroatoms. The highest BCUT2D eigenvalue weighted by Gasteiger charge is 1.94. The topological polar surface area (TPSA) is 29.1 Å². The summed E-state index contributed by atoms with van der Waals surface area (Å²) in [7, 11) is 0. The highest BCUT2D eigenvalue weighted by Crippen LogP contribution is 1.99. The van der Waals surface area contributed by atoms with Crippen molar-refractivity contribution < 1.29 is 4.79 Å². The highest BCUT2D eigenvalue weighted by molar-refractivity contribution is 5.87. The highest BCUT2D eigenvalue weighted by atomic mass is 16.1. The van der Waals surface area contributed by atoms with Crippen LogP contribution in [-0.2, 0) is 11.2 Å². The Bertz CT molecular complexity index is 420. The zero-order valence-corrected chi connectivity index (χ0v) is 12.3. The van der Waals surface area contributed by atoms with E-state index in [1.165, 1.54) is 24.8 Å². The van der Waals surface area contributed by atoms with Crippen LogP contribution in [0.4, 0.5) is 0 Å². The molecule has 0 aromatic heterocycles. The van der Waals surface area contributed by atoms with Gasteiger partial charge in [-0.1, -0.05) is 68.3 Å². The van der Waals surface area contributed by atoms with E-state index in [9.17, 15) is 4.79 Å². The van der Waals surface area contributed by atoms with Crippen molar-refractivity contribution >= 4 is 5.91 Å². The van der Waals surface area contributed by atoms with Gasteiger partial charge in [0.05, 0.1) is 0 Å². The molecule has 0 aliphatic carbocycles. The van der Waals surface area contributed by atoms with Crippen LogP contribution in [0.5, 0.6) is 0 Å². The van der Waals surface area contributed by atoms with Crippen molar-refractivity contribution in [2.75, 3.05) is 6.54 Å². The first-order valence-electron chi connectivity index (χ1n) is 7.48. The van der Waals surface area contributed by atoms with Crippen molar-refractivity contribution in [3.63, 3.8) is 0 Å². The molecule has 0 radical (unpaired) electrons. The van der Waals surface area contributed by atoms with E-state index in [-0.39, 0.29) is 5.91 Å². The molecule has 0 heterocycles. The summed E-state index contributed by atoms with van der Waals surface area (Å²) in [4.78, 5) is 11.5. The third-order valence-electron chi connectivity index (χ3n) is 3.02. The summed E-state index contributed by atoms with van der Waals surface area (Å²) >= 11 is 0. The van der Waals surface area contributed by atoms with Crippen molar-refractivity contribution in [2.45, 2.75) is 39.0 Å². The van der Waals surface area contributed by atoms with Gasteiger partial charge in [0, 0.05) is 12.6 Å². The lowest BCUT2D eigenvalue weighted by Gasteiger charge is -2.01. The summed E-state index contributed by atoms with van der Waals surface area (Å²) < 4.78 is 0. The average Bonchev–Trinajstić information content (AvgIpc) is 2.47. The number of benzene rings is 1. The summed E-state index contributed by atoms with van der Waals surface area (Å²) in [6.07, 6.45) is 13.2. The Hall–Kier alpha value is -1.83. The summed E-state index contributed by atoms with van der Waals surface area (Å²) in [6.45, 7) is 2.87. The van der Waals surface area contributed by atoms with Crippen LogP contribution in [0.2, 0.25) is 0 Å². The van der Waals surface area contributed by atoms with Crippen LogP contribution in [-0.4, -0.2) is 12.5 Å². The maximum Gasteiger partial charge on any atom is 0.243 e. The van der Waals surface area contributed by atoms with E-state index >= 15 is 0 Å². The molecule has 0 aliphatic rings. The minimum absolute atomic E-state index is 0.0286. The van der Waals surface area contributed by atoms with E-state index < -0.39 is 0 Å². The molecule has 0 saturated carbocycles. The van der Waals surface area contributed by atoms with Crippen LogP contribution in [0.15, 0.2) is 54.6 Å². The Morgan fingerprint density at radius 2 is 1.95 bits per heavy atom. The van der Waals surface area contributed by atoms with E-state index in [1.807, 2.05) is 30.4 Å². The van der Waals surface area contributed by atoms with E-state index in [0.29, 0.717) is 6.54 Å². The predicted molar refractivity (Wildman–Crippen MR) is 85.6 cm³/mol. The van der Waals surface area contributed by atoms with Crippen molar-refractivity contribution in [2.24, 2.45) is 0 Å². The van der Waals surface area contributed by atoms with E-state index in [1.54, 1.807) is 6.08 Å². The minimum Gasteiger partial charge on any atom is -0.352 e. The summed E-state index contributed by atoms with van der Waals surface area (Å²) in [5.41, 5.74) is 1.24. The van der Waals surface area contributed by atoms with Crippen molar-refractivity contribution in [1.82, 2.24) is 5.32 Å². The van der Waals surface area contributed by atoms with E-state index in [0.717, 1.165) is 12.8 Å². The zero-order valence-electron chi connectivity index (χ0n) is 12.3. The Morgan fingerprint density at radius 3 is 2.70 bits per heavy atom. The van der Waals surface area contributed by atoms with Gasteiger partial charge in [0.1, 0.15) is 0 Å². The molecule has 0 aliphatic heterocycles. The third-order valence-corrected chi connectivity index (χ3v) is 3.02. The number of amides is 1. The second kappa shape index (κ2) is 11.0. The van der Waals surface area contributed by atoms with Crippen LogP contribution >= 0.6 is 0 Å². The Labute approximate surface area is 122 Å². The van der Waals surface area contributed by atoms with Crippen LogP contribution in [0.25, 0.3) is 0 Å². The number of nitrogens with one attached hydrogen (secondary N) is 1. The molecule has 1 rings (SSSR count). The lowest BCUT2D eigenvalue weighted by atomic mass is 10.1. The quantitative estimate of drug-likeness (QED) is 0.410. The molecule has 0 fully saturated rings. The summed E-state index contributed by atoms with van der Waals surface area (Å²) in [6, 6.07) is 10.2. The Balaban J connectivity index is 2.10. The van der Waals surface area contributed by atoms with Gasteiger partial charge in [0.2, 0.25) is 5.91 Å². The Morgan fingerprint density at radius 1 is 1.15 bits per heavy atom. The van der Waals surface area contributed by atoms with Gasteiger partial charge in [-0.05, 0) is 24.8 Å². The average molecular weight is 271 g/mol. The number of carbonyl (C=O) groups is 1. The van der Waals surface area contributed by atoms with Gasteiger partial charge in [-0.2, -0.15) is 0 Å². The second-order valence-corrected chi connectivity index (χ2v) is 4.81. The summed E-state index contributed by atoms with van der Waals surface area (Å²) in [5, 5.41) is 2.88. The van der Waals surface area contributed by atoms with Gasteiger partial charge in [-0.3, -0.25) is 4.79 Å². The molecule has 0 unspecified atom stereocenters. The SMILES string of the molecule is CCCCC/C=C/C=C/C(=O)NCCc1ccccc1. The number of rotatable bonds is 9. The van der Waals surface area contributed by atoms with E-state index in [4.69, 9.17) is 0 Å². The maximum atomic E-state index is 11.5. The molecule has 0 spiro atoms. The van der Waals surface area contributed by atoms with Crippen LogP contribution in [0.1, 0.15) is 38.2 Å². The monoisotopic (exact) mass is 271 g/mol. The zero-order chi connectivity index (χ0) is 14.5. The molecule has 20 heavy (non-hydrogen) atoms. The largest absolute Gasteiger partial charge is 0.352 e. The third kappa shape index (κ3) is 8.30. The maximum absolute atomic E-state index is 11.5. The smallest absolute Gasteiger partial charge is 0.243 e. The molecule has 108 valence electrons. The van der Waals surface area contributed by atoms with Crippen LogP contribution < -0.4 is 5.32 Å². The fourth-order valence-electron chi connectivity index (χ4n) is 1.86. The number of hydrogen-bond acceptors (Lipinski definition) is 1. The van der Waals surface area contributed by atoms with Gasteiger partial charge in [0.15, 0.2) is 0 Å². The fourth-order valence-corrected chi connectivity index (χ4v) is 1.86. The van der Waals surface area contributed by atoms with Crippen molar-refractivity contribution in [3.05, 3.63) is 60.2 Å². The number of hydrogen-bond donors (Lipinski definition) is 1. The molecular formula is C18H25NO. The van der Waals surface area contributed by atoms with Crippen LogP contribution in [0, 0.1) is 0 Å². The molecular weight excluding hydrogens is 246 g/mol. The predicted octanol–water partition coefficient (Wildman–Crippen LogP) is 4.04. The normalized spacial score (nSPS) is 11.2. The first-order valence-corrected chi connectivity index (χ1v) is 7.48. The lowest BCUT2D eigenvalue weighted by Crippen LogP contribution is -2.23. The van der Waals surface area contributed by atoms with Gasteiger partial charge in [-0.25, -0.2) is 0 Å². The molecule has 1 aromatic carbocycles. The fraction of sp³-hybridized carbons (Fsp3) is 0.389. The molecule has 0 atom stereocenters. The number of unbranched alkanes of at least 4 members (excludes halogenated alkanes) is 3. The number of carbonyl (C=O) groups excluding carboxylic acids is 1. The van der Waals surface area contributed by atoms with E-state index in [2.05, 4.69) is 30.4 Å². The first kappa shape index (κ1) is 16.2.